The molecule has 0 aromatic heterocycles. The van der Waals surface area contributed by atoms with Crippen molar-refractivity contribution >= 4 is 17.7 Å². The number of imide groups is 1. The van der Waals surface area contributed by atoms with Crippen LogP contribution < -0.4 is 0 Å². The number of aliphatic hydroxyl groups is 1. The summed E-state index contributed by atoms with van der Waals surface area (Å²) in [5.41, 5.74) is 0. The SMILES string of the molecule is CC1CCC(N2C(=O)C3CC4C(=O)N(C)[C@@H](O)C4CC3C2=O)CC1. The Kier molecular flexibility index (Phi) is 3.71. The van der Waals surface area contributed by atoms with E-state index in [1.165, 1.54) is 9.80 Å². The fourth-order valence-corrected chi connectivity index (χ4v) is 5.40. The first-order valence-electron chi connectivity index (χ1n) is 9.21. The molecule has 132 valence electrons. The minimum absolute atomic E-state index is 0.0370. The van der Waals surface area contributed by atoms with E-state index in [2.05, 4.69) is 6.92 Å². The molecule has 2 saturated heterocycles. The molecule has 1 N–H and O–H groups in total. The lowest BCUT2D eigenvalue weighted by atomic mass is 9.70. The number of aliphatic hydroxyl groups excluding tert-OH is 1. The number of rotatable bonds is 1. The van der Waals surface area contributed by atoms with Gasteiger partial charge in [-0.1, -0.05) is 6.92 Å². The third kappa shape index (κ3) is 2.15. The van der Waals surface area contributed by atoms with Gasteiger partial charge in [-0.15, -0.1) is 0 Å². The zero-order chi connectivity index (χ0) is 17.2. The van der Waals surface area contributed by atoms with Crippen LogP contribution in [0.3, 0.4) is 0 Å². The molecule has 24 heavy (non-hydrogen) atoms. The zero-order valence-electron chi connectivity index (χ0n) is 14.4. The molecular formula is C18H26N2O4. The average molecular weight is 334 g/mol. The number of fused-ring (bicyclic) bond motifs is 2. The van der Waals surface area contributed by atoms with E-state index in [1.807, 2.05) is 0 Å². The largest absolute Gasteiger partial charge is 0.373 e. The molecule has 0 spiro atoms. The summed E-state index contributed by atoms with van der Waals surface area (Å²) < 4.78 is 0. The van der Waals surface area contributed by atoms with E-state index in [-0.39, 0.29) is 47.4 Å². The standard InChI is InChI=1S/C18H26N2O4/c1-9-3-5-10(6-4-9)20-17(23)13-7-11-12(8-14(13)18(20)24)16(22)19(2)15(11)21/h9-15,21H,3-8H2,1-2H3/t9?,10?,11?,12?,13?,14?,15-/m0/s1. The molecule has 4 unspecified atom stereocenters. The first kappa shape index (κ1) is 16.1. The number of hydrogen-bond acceptors (Lipinski definition) is 4. The van der Waals surface area contributed by atoms with Gasteiger partial charge in [0.2, 0.25) is 17.7 Å². The van der Waals surface area contributed by atoms with Gasteiger partial charge in [0.15, 0.2) is 0 Å². The fraction of sp³-hybridized carbons (Fsp3) is 0.833. The molecule has 6 heteroatoms. The molecule has 4 aliphatic rings. The third-order valence-corrected chi connectivity index (χ3v) is 6.94. The van der Waals surface area contributed by atoms with Crippen molar-refractivity contribution in [3.8, 4) is 0 Å². The Balaban J connectivity index is 1.55. The van der Waals surface area contributed by atoms with Crippen LogP contribution in [0, 0.1) is 29.6 Å². The smallest absolute Gasteiger partial charge is 0.233 e. The predicted octanol–water partition coefficient (Wildman–Crippen LogP) is 0.983. The van der Waals surface area contributed by atoms with Crippen LogP contribution in [0.1, 0.15) is 45.4 Å². The van der Waals surface area contributed by atoms with Crippen molar-refractivity contribution in [2.24, 2.45) is 29.6 Å². The molecule has 2 aliphatic carbocycles. The second kappa shape index (κ2) is 5.55. The van der Waals surface area contributed by atoms with Gasteiger partial charge in [0.25, 0.3) is 0 Å². The summed E-state index contributed by atoms with van der Waals surface area (Å²) in [6.07, 6.45) is 3.96. The summed E-state index contributed by atoms with van der Waals surface area (Å²) in [6.45, 7) is 2.22. The van der Waals surface area contributed by atoms with E-state index < -0.39 is 6.23 Å². The molecule has 6 nitrogen and oxygen atoms in total. The number of carbonyl (C=O) groups excluding carboxylic acids is 3. The Morgan fingerprint density at radius 1 is 0.875 bits per heavy atom. The first-order valence-corrected chi connectivity index (χ1v) is 9.21. The maximum Gasteiger partial charge on any atom is 0.233 e. The Hall–Kier alpha value is -1.43. The first-order chi connectivity index (χ1) is 11.4. The Morgan fingerprint density at radius 2 is 1.46 bits per heavy atom. The molecule has 5 atom stereocenters. The van der Waals surface area contributed by atoms with Crippen molar-refractivity contribution in [3.63, 3.8) is 0 Å². The van der Waals surface area contributed by atoms with Crippen LogP contribution in [0.4, 0.5) is 0 Å². The lowest BCUT2D eigenvalue weighted by Gasteiger charge is -2.32. The normalized spacial score (nSPS) is 45.6. The van der Waals surface area contributed by atoms with Crippen LogP contribution in [-0.2, 0) is 14.4 Å². The quantitative estimate of drug-likeness (QED) is 0.725. The predicted molar refractivity (Wildman–Crippen MR) is 85.2 cm³/mol. The fourth-order valence-electron chi connectivity index (χ4n) is 5.40. The maximum absolute atomic E-state index is 12.9. The van der Waals surface area contributed by atoms with Gasteiger partial charge in [0, 0.05) is 24.9 Å². The number of hydrogen-bond donors (Lipinski definition) is 1. The molecular weight excluding hydrogens is 308 g/mol. The molecule has 3 amide bonds. The summed E-state index contributed by atoms with van der Waals surface area (Å²) >= 11 is 0. The van der Waals surface area contributed by atoms with Crippen molar-refractivity contribution in [3.05, 3.63) is 0 Å². The summed E-state index contributed by atoms with van der Waals surface area (Å²) in [7, 11) is 1.60. The van der Waals surface area contributed by atoms with Gasteiger partial charge in [-0.05, 0) is 44.4 Å². The average Bonchev–Trinajstić information content (AvgIpc) is 2.94. The van der Waals surface area contributed by atoms with Crippen molar-refractivity contribution in [1.29, 1.82) is 0 Å². The highest BCUT2D eigenvalue weighted by molar-refractivity contribution is 6.06. The van der Waals surface area contributed by atoms with Gasteiger partial charge < -0.3 is 10.0 Å². The molecule has 4 rings (SSSR count). The van der Waals surface area contributed by atoms with Crippen molar-refractivity contribution in [2.75, 3.05) is 7.05 Å². The number of likely N-dealkylation sites (tertiary alicyclic amines) is 2. The van der Waals surface area contributed by atoms with Crippen LogP contribution in [0.15, 0.2) is 0 Å². The zero-order valence-corrected chi connectivity index (χ0v) is 14.4. The molecule has 0 aromatic rings. The lowest BCUT2D eigenvalue weighted by Crippen LogP contribution is -2.42. The van der Waals surface area contributed by atoms with Gasteiger partial charge in [-0.3, -0.25) is 19.3 Å². The lowest BCUT2D eigenvalue weighted by molar-refractivity contribution is -0.143. The number of nitrogens with zero attached hydrogens (tertiary/aromatic N) is 2. The van der Waals surface area contributed by atoms with E-state index >= 15 is 0 Å². The third-order valence-electron chi connectivity index (χ3n) is 6.94. The van der Waals surface area contributed by atoms with Crippen LogP contribution >= 0.6 is 0 Å². The van der Waals surface area contributed by atoms with Crippen LogP contribution in [0.5, 0.6) is 0 Å². The van der Waals surface area contributed by atoms with E-state index in [0.29, 0.717) is 18.8 Å². The van der Waals surface area contributed by atoms with E-state index in [4.69, 9.17) is 0 Å². The van der Waals surface area contributed by atoms with Gasteiger partial charge in [-0.25, -0.2) is 0 Å². The maximum atomic E-state index is 12.9. The summed E-state index contributed by atoms with van der Waals surface area (Å²) in [4.78, 5) is 41.0. The summed E-state index contributed by atoms with van der Waals surface area (Å²) in [6, 6.07) is 0.0370. The highest BCUT2D eigenvalue weighted by Gasteiger charge is 2.59. The van der Waals surface area contributed by atoms with Crippen LogP contribution in [0.25, 0.3) is 0 Å². The Labute approximate surface area is 142 Å². The van der Waals surface area contributed by atoms with E-state index in [9.17, 15) is 19.5 Å². The topological polar surface area (TPSA) is 77.9 Å². The molecule has 2 heterocycles. The monoisotopic (exact) mass is 334 g/mol. The minimum atomic E-state index is -0.823. The van der Waals surface area contributed by atoms with Gasteiger partial charge >= 0.3 is 0 Å². The number of amides is 3. The van der Waals surface area contributed by atoms with Crippen molar-refractivity contribution < 1.29 is 19.5 Å². The van der Waals surface area contributed by atoms with Gasteiger partial charge in [-0.2, -0.15) is 0 Å². The van der Waals surface area contributed by atoms with E-state index in [1.54, 1.807) is 7.05 Å². The second-order valence-electron chi connectivity index (χ2n) is 8.28. The van der Waals surface area contributed by atoms with Crippen LogP contribution in [-0.4, -0.2) is 51.9 Å². The van der Waals surface area contributed by atoms with Gasteiger partial charge in [0.1, 0.15) is 6.23 Å². The van der Waals surface area contributed by atoms with Crippen molar-refractivity contribution in [1.82, 2.24) is 9.80 Å². The molecule has 2 saturated carbocycles. The summed E-state index contributed by atoms with van der Waals surface area (Å²) in [5.74, 6) is -0.777. The second-order valence-corrected chi connectivity index (χ2v) is 8.28. The molecule has 0 aromatic carbocycles. The Bertz CT molecular complexity index is 584. The van der Waals surface area contributed by atoms with E-state index in [0.717, 1.165) is 25.7 Å². The Morgan fingerprint density at radius 3 is 2.08 bits per heavy atom. The molecule has 0 bridgehead atoms. The molecule has 4 fully saturated rings. The highest BCUT2D eigenvalue weighted by Crippen LogP contribution is 2.49. The van der Waals surface area contributed by atoms with Gasteiger partial charge in [0.05, 0.1) is 11.8 Å². The summed E-state index contributed by atoms with van der Waals surface area (Å²) in [5, 5.41) is 10.3. The minimum Gasteiger partial charge on any atom is -0.373 e. The molecule has 2 aliphatic heterocycles. The van der Waals surface area contributed by atoms with Crippen LogP contribution in [0.2, 0.25) is 0 Å². The highest BCUT2D eigenvalue weighted by atomic mass is 16.3. The molecule has 0 radical (unpaired) electrons. The number of carbonyl (C=O) groups is 3. The van der Waals surface area contributed by atoms with Crippen molar-refractivity contribution in [2.45, 2.75) is 57.7 Å².